The van der Waals surface area contributed by atoms with E-state index >= 15 is 0 Å². The SMILES string of the molecule is O=P(O)(O)CC(O)C(O)CO. The topological polar surface area (TPSA) is 118 Å². The Morgan fingerprint density at radius 1 is 1.18 bits per heavy atom. The summed E-state index contributed by atoms with van der Waals surface area (Å²) in [7, 11) is -4.31. The molecule has 7 heteroatoms. The second kappa shape index (κ2) is 4.15. The molecule has 0 aromatic carbocycles. The Balaban J connectivity index is 3.87. The van der Waals surface area contributed by atoms with Gasteiger partial charge in [0.2, 0.25) is 0 Å². The van der Waals surface area contributed by atoms with Gasteiger partial charge in [-0.2, -0.15) is 0 Å². The van der Waals surface area contributed by atoms with Crippen LogP contribution in [0.3, 0.4) is 0 Å². The first-order valence-corrected chi connectivity index (χ1v) is 4.68. The Labute approximate surface area is 63.3 Å². The van der Waals surface area contributed by atoms with E-state index in [0.29, 0.717) is 0 Å². The monoisotopic (exact) mass is 186 g/mol. The van der Waals surface area contributed by atoms with Gasteiger partial charge in [0.25, 0.3) is 0 Å². The Hall–Kier alpha value is 0.0300. The zero-order valence-electron chi connectivity index (χ0n) is 5.66. The second-order valence-electron chi connectivity index (χ2n) is 2.16. The van der Waals surface area contributed by atoms with E-state index in [0.717, 1.165) is 0 Å². The minimum Gasteiger partial charge on any atom is -0.394 e. The molecule has 5 N–H and O–H groups in total. The maximum atomic E-state index is 10.2. The lowest BCUT2D eigenvalue weighted by Crippen LogP contribution is -2.32. The van der Waals surface area contributed by atoms with E-state index in [4.69, 9.17) is 25.1 Å². The van der Waals surface area contributed by atoms with Crippen LogP contribution in [0.25, 0.3) is 0 Å². The van der Waals surface area contributed by atoms with Crippen LogP contribution in [0, 0.1) is 0 Å². The van der Waals surface area contributed by atoms with Crippen molar-refractivity contribution >= 4 is 7.60 Å². The van der Waals surface area contributed by atoms with Crippen LogP contribution in [-0.4, -0.2) is 50.1 Å². The van der Waals surface area contributed by atoms with Crippen LogP contribution in [-0.2, 0) is 4.57 Å². The van der Waals surface area contributed by atoms with Crippen LogP contribution in [0.5, 0.6) is 0 Å². The van der Waals surface area contributed by atoms with Gasteiger partial charge >= 0.3 is 7.60 Å². The fraction of sp³-hybridized carbons (Fsp3) is 1.00. The Bertz CT molecular complexity index is 153. The predicted octanol–water partition coefficient (Wildman–Crippen LogP) is -2.12. The van der Waals surface area contributed by atoms with Gasteiger partial charge in [0.1, 0.15) is 6.10 Å². The molecule has 0 radical (unpaired) electrons. The van der Waals surface area contributed by atoms with E-state index in [1.54, 1.807) is 0 Å². The van der Waals surface area contributed by atoms with E-state index in [2.05, 4.69) is 0 Å². The minimum atomic E-state index is -4.31. The number of aliphatic hydroxyl groups excluding tert-OH is 3. The lowest BCUT2D eigenvalue weighted by molar-refractivity contribution is -0.00451. The van der Waals surface area contributed by atoms with Crippen molar-refractivity contribution in [1.82, 2.24) is 0 Å². The van der Waals surface area contributed by atoms with E-state index < -0.39 is 32.6 Å². The van der Waals surface area contributed by atoms with E-state index in [1.165, 1.54) is 0 Å². The third-order valence-electron chi connectivity index (χ3n) is 1.06. The molecule has 2 unspecified atom stereocenters. The van der Waals surface area contributed by atoms with E-state index in [-0.39, 0.29) is 0 Å². The molecule has 0 amide bonds. The molecule has 68 valence electrons. The quantitative estimate of drug-likeness (QED) is 0.320. The fourth-order valence-corrected chi connectivity index (χ4v) is 1.22. The van der Waals surface area contributed by atoms with Crippen molar-refractivity contribution in [3.05, 3.63) is 0 Å². The Morgan fingerprint density at radius 2 is 1.64 bits per heavy atom. The first kappa shape index (κ1) is 11.0. The molecule has 0 heterocycles. The fourth-order valence-electron chi connectivity index (χ4n) is 0.487. The minimum absolute atomic E-state index is 0.721. The summed E-state index contributed by atoms with van der Waals surface area (Å²) >= 11 is 0. The van der Waals surface area contributed by atoms with Crippen LogP contribution < -0.4 is 0 Å². The van der Waals surface area contributed by atoms with Crippen molar-refractivity contribution in [3.8, 4) is 0 Å². The van der Waals surface area contributed by atoms with Gasteiger partial charge < -0.3 is 25.1 Å². The summed E-state index contributed by atoms with van der Waals surface area (Å²) in [4.78, 5) is 16.6. The van der Waals surface area contributed by atoms with Gasteiger partial charge in [0.05, 0.1) is 18.9 Å². The molecule has 0 fully saturated rings. The van der Waals surface area contributed by atoms with Gasteiger partial charge in [-0.25, -0.2) is 0 Å². The average molecular weight is 186 g/mol. The Kier molecular flexibility index (Phi) is 4.17. The highest BCUT2D eigenvalue weighted by Gasteiger charge is 2.24. The standard InChI is InChI=1S/C4H11O6P/c5-1-3(6)4(7)2-11(8,9)10/h3-7H,1-2H2,(H2,8,9,10). The highest BCUT2D eigenvalue weighted by Crippen LogP contribution is 2.35. The van der Waals surface area contributed by atoms with Crippen molar-refractivity contribution in [2.24, 2.45) is 0 Å². The molecule has 0 aromatic heterocycles. The summed E-state index contributed by atoms with van der Waals surface area (Å²) in [6, 6.07) is 0. The van der Waals surface area contributed by atoms with Crippen molar-refractivity contribution in [3.63, 3.8) is 0 Å². The van der Waals surface area contributed by atoms with Crippen LogP contribution in [0.4, 0.5) is 0 Å². The van der Waals surface area contributed by atoms with Crippen molar-refractivity contribution in [2.45, 2.75) is 12.2 Å². The molecule has 6 nitrogen and oxygen atoms in total. The van der Waals surface area contributed by atoms with E-state index in [1.807, 2.05) is 0 Å². The van der Waals surface area contributed by atoms with E-state index in [9.17, 15) is 4.57 Å². The molecule has 0 aliphatic rings. The third kappa shape index (κ3) is 5.32. The summed E-state index contributed by atoms with van der Waals surface area (Å²) in [5.74, 6) is 0. The maximum absolute atomic E-state index is 10.2. The van der Waals surface area contributed by atoms with Gasteiger partial charge in [-0.15, -0.1) is 0 Å². The Morgan fingerprint density at radius 3 is 1.91 bits per heavy atom. The summed E-state index contributed by atoms with van der Waals surface area (Å²) < 4.78 is 10.2. The zero-order chi connectivity index (χ0) is 9.07. The summed E-state index contributed by atoms with van der Waals surface area (Å²) in [6.45, 7) is -0.721. The van der Waals surface area contributed by atoms with Crippen molar-refractivity contribution in [2.75, 3.05) is 12.8 Å². The maximum Gasteiger partial charge on any atom is 0.328 e. The third-order valence-corrected chi connectivity index (χ3v) is 1.91. The normalized spacial score (nSPS) is 17.9. The molecule has 0 aliphatic carbocycles. The largest absolute Gasteiger partial charge is 0.394 e. The zero-order valence-corrected chi connectivity index (χ0v) is 6.55. The van der Waals surface area contributed by atoms with Gasteiger partial charge in [0.15, 0.2) is 0 Å². The summed E-state index contributed by atoms with van der Waals surface area (Å²) in [5, 5.41) is 25.6. The molecule has 0 aromatic rings. The van der Waals surface area contributed by atoms with Gasteiger partial charge in [0, 0.05) is 0 Å². The first-order valence-electron chi connectivity index (χ1n) is 2.88. The molecule has 2 atom stereocenters. The summed E-state index contributed by atoms with van der Waals surface area (Å²) in [6.07, 6.45) is -3.92. The van der Waals surface area contributed by atoms with Crippen molar-refractivity contribution < 1.29 is 29.7 Å². The molecular weight excluding hydrogens is 175 g/mol. The van der Waals surface area contributed by atoms with Crippen LogP contribution in [0.15, 0.2) is 0 Å². The molecule has 0 rings (SSSR count). The van der Waals surface area contributed by atoms with Crippen molar-refractivity contribution in [1.29, 1.82) is 0 Å². The molecule has 11 heavy (non-hydrogen) atoms. The molecule has 0 saturated heterocycles. The lowest BCUT2D eigenvalue weighted by atomic mass is 10.2. The number of hydrogen-bond acceptors (Lipinski definition) is 4. The van der Waals surface area contributed by atoms with Crippen LogP contribution in [0.1, 0.15) is 0 Å². The summed E-state index contributed by atoms with van der Waals surface area (Å²) in [5.41, 5.74) is 0. The van der Waals surface area contributed by atoms with Gasteiger partial charge in [-0.05, 0) is 0 Å². The molecule has 0 aliphatic heterocycles. The average Bonchev–Trinajstić information content (AvgIpc) is 1.82. The molecule has 0 spiro atoms. The highest BCUT2D eigenvalue weighted by molar-refractivity contribution is 7.51. The lowest BCUT2D eigenvalue weighted by Gasteiger charge is -2.15. The van der Waals surface area contributed by atoms with Gasteiger partial charge in [-0.1, -0.05) is 0 Å². The number of aliphatic hydroxyl groups is 3. The van der Waals surface area contributed by atoms with Gasteiger partial charge in [-0.3, -0.25) is 4.57 Å². The first-order chi connectivity index (χ1) is 4.87. The molecule has 0 saturated carbocycles. The molecular formula is C4H11O6P. The smallest absolute Gasteiger partial charge is 0.328 e. The predicted molar refractivity (Wildman–Crippen MR) is 36.0 cm³/mol. The second-order valence-corrected chi connectivity index (χ2v) is 3.86. The highest BCUT2D eigenvalue weighted by atomic mass is 31.2. The number of hydrogen-bond donors (Lipinski definition) is 5. The van der Waals surface area contributed by atoms with Crippen LogP contribution >= 0.6 is 7.60 Å². The number of rotatable bonds is 4. The molecule has 0 bridgehead atoms. The van der Waals surface area contributed by atoms with Crippen LogP contribution in [0.2, 0.25) is 0 Å².